The van der Waals surface area contributed by atoms with Crippen molar-refractivity contribution in [3.05, 3.63) is 76.7 Å². The predicted octanol–water partition coefficient (Wildman–Crippen LogP) is 4.28. The lowest BCUT2D eigenvalue weighted by Gasteiger charge is -2.09. The van der Waals surface area contributed by atoms with E-state index in [1.54, 1.807) is 36.4 Å². The van der Waals surface area contributed by atoms with Crippen LogP contribution in [0.4, 0.5) is 5.69 Å². The molecular weight excluding hydrogens is 434 g/mol. The van der Waals surface area contributed by atoms with E-state index in [-0.39, 0.29) is 22.2 Å². The normalized spacial score (nSPS) is 11.2. The number of nitrogens with one attached hydrogen (secondary N) is 1. The lowest BCUT2D eigenvalue weighted by Crippen LogP contribution is -2.12. The van der Waals surface area contributed by atoms with Gasteiger partial charge in [-0.15, -0.1) is 0 Å². The zero-order chi connectivity index (χ0) is 19.4. The molecule has 0 spiro atoms. The van der Waals surface area contributed by atoms with Gasteiger partial charge in [0.15, 0.2) is 15.6 Å². The molecule has 0 saturated carbocycles. The molecule has 1 N–H and O–H groups in total. The first kappa shape index (κ1) is 19.2. The predicted molar refractivity (Wildman–Crippen MR) is 105 cm³/mol. The molecule has 0 saturated heterocycles. The van der Waals surface area contributed by atoms with Crippen molar-refractivity contribution in [3.8, 4) is 5.75 Å². The van der Waals surface area contributed by atoms with Crippen molar-refractivity contribution in [2.45, 2.75) is 10.6 Å². The number of halogens is 1. The van der Waals surface area contributed by atoms with Crippen molar-refractivity contribution in [2.24, 2.45) is 0 Å². The van der Waals surface area contributed by atoms with E-state index < -0.39 is 15.7 Å². The number of carbonyl (C=O) groups is 1. The van der Waals surface area contributed by atoms with Crippen LogP contribution in [0.2, 0.25) is 0 Å². The van der Waals surface area contributed by atoms with Gasteiger partial charge in [0.05, 0.1) is 17.7 Å². The molecule has 0 unspecified atom stereocenters. The van der Waals surface area contributed by atoms with Gasteiger partial charge in [0.1, 0.15) is 17.3 Å². The number of sulfone groups is 1. The third-order valence-corrected chi connectivity index (χ3v) is 5.88. The van der Waals surface area contributed by atoms with Crippen LogP contribution >= 0.6 is 15.9 Å². The molecule has 140 valence electrons. The van der Waals surface area contributed by atoms with E-state index in [1.807, 2.05) is 0 Å². The van der Waals surface area contributed by atoms with Gasteiger partial charge in [-0.25, -0.2) is 8.42 Å². The molecule has 8 heteroatoms. The van der Waals surface area contributed by atoms with E-state index in [1.165, 1.54) is 31.4 Å². The highest BCUT2D eigenvalue weighted by atomic mass is 79.9. The zero-order valence-corrected chi connectivity index (χ0v) is 16.7. The molecule has 0 aliphatic rings. The Labute approximate surface area is 165 Å². The smallest absolute Gasteiger partial charge is 0.291 e. The Morgan fingerprint density at radius 2 is 1.85 bits per heavy atom. The number of benzene rings is 2. The van der Waals surface area contributed by atoms with Gasteiger partial charge in [-0.05, 0) is 42.5 Å². The van der Waals surface area contributed by atoms with Crippen molar-refractivity contribution in [1.29, 1.82) is 0 Å². The Morgan fingerprint density at radius 3 is 2.56 bits per heavy atom. The lowest BCUT2D eigenvalue weighted by atomic mass is 10.3. The fraction of sp³-hybridized carbons (Fsp3) is 0.105. The molecule has 1 heterocycles. The first-order valence-corrected chi connectivity index (χ1v) is 10.3. The Morgan fingerprint density at radius 1 is 1.11 bits per heavy atom. The second kappa shape index (κ2) is 7.98. The van der Waals surface area contributed by atoms with Gasteiger partial charge in [-0.2, -0.15) is 0 Å². The number of amides is 1. The fourth-order valence-corrected chi connectivity index (χ4v) is 4.07. The molecule has 3 rings (SSSR count). The monoisotopic (exact) mass is 449 g/mol. The Kier molecular flexibility index (Phi) is 5.67. The number of rotatable bonds is 6. The standard InChI is InChI=1S/C19H16BrNO5S/c1-25-17-9-7-13(20)11-16(17)21-19(22)18-10-8-14(26-18)12-27(23,24)15-5-3-2-4-6-15/h2-11H,12H2,1H3,(H,21,22). The molecule has 0 bridgehead atoms. The van der Waals surface area contributed by atoms with Crippen LogP contribution in [0.5, 0.6) is 5.75 Å². The van der Waals surface area contributed by atoms with E-state index in [4.69, 9.17) is 9.15 Å². The molecule has 27 heavy (non-hydrogen) atoms. The maximum absolute atomic E-state index is 12.4. The summed E-state index contributed by atoms with van der Waals surface area (Å²) in [6.07, 6.45) is 0. The second-order valence-corrected chi connectivity index (χ2v) is 8.54. The summed E-state index contributed by atoms with van der Waals surface area (Å²) < 4.78 is 36.2. The van der Waals surface area contributed by atoms with Crippen molar-refractivity contribution >= 4 is 37.4 Å². The largest absolute Gasteiger partial charge is 0.495 e. The summed E-state index contributed by atoms with van der Waals surface area (Å²) in [7, 11) is -2.05. The molecule has 3 aromatic rings. The Balaban J connectivity index is 1.76. The summed E-state index contributed by atoms with van der Waals surface area (Å²) in [6.45, 7) is 0. The van der Waals surface area contributed by atoms with Crippen molar-refractivity contribution in [3.63, 3.8) is 0 Å². The molecular formula is C19H16BrNO5S. The van der Waals surface area contributed by atoms with Crippen LogP contribution in [0.15, 0.2) is 74.4 Å². The SMILES string of the molecule is COc1ccc(Br)cc1NC(=O)c1ccc(CS(=O)(=O)c2ccccc2)o1. The van der Waals surface area contributed by atoms with E-state index in [2.05, 4.69) is 21.2 Å². The molecule has 0 radical (unpaired) electrons. The van der Waals surface area contributed by atoms with E-state index in [9.17, 15) is 13.2 Å². The van der Waals surface area contributed by atoms with Gasteiger partial charge in [-0.3, -0.25) is 4.79 Å². The van der Waals surface area contributed by atoms with Crippen LogP contribution in [0.3, 0.4) is 0 Å². The number of ether oxygens (including phenoxy) is 1. The number of furan rings is 1. The van der Waals surface area contributed by atoms with Gasteiger partial charge < -0.3 is 14.5 Å². The number of methoxy groups -OCH3 is 1. The summed E-state index contributed by atoms with van der Waals surface area (Å²) in [5, 5.41) is 2.69. The highest BCUT2D eigenvalue weighted by molar-refractivity contribution is 9.10. The molecule has 2 aromatic carbocycles. The summed E-state index contributed by atoms with van der Waals surface area (Å²) >= 11 is 3.33. The zero-order valence-electron chi connectivity index (χ0n) is 14.3. The van der Waals surface area contributed by atoms with Crippen LogP contribution in [0.25, 0.3) is 0 Å². The maximum atomic E-state index is 12.4. The van der Waals surface area contributed by atoms with Gasteiger partial charge in [0.25, 0.3) is 5.91 Å². The van der Waals surface area contributed by atoms with Crippen LogP contribution < -0.4 is 10.1 Å². The van der Waals surface area contributed by atoms with Crippen LogP contribution in [0.1, 0.15) is 16.3 Å². The summed E-state index contributed by atoms with van der Waals surface area (Å²) in [5.41, 5.74) is 0.465. The van der Waals surface area contributed by atoms with Crippen molar-refractivity contribution < 1.29 is 22.4 Å². The van der Waals surface area contributed by atoms with Crippen molar-refractivity contribution in [2.75, 3.05) is 12.4 Å². The number of hydrogen-bond acceptors (Lipinski definition) is 5. The van der Waals surface area contributed by atoms with Gasteiger partial charge in [0.2, 0.25) is 0 Å². The third-order valence-electron chi connectivity index (χ3n) is 3.73. The molecule has 0 aliphatic heterocycles. The molecule has 0 atom stereocenters. The quantitative estimate of drug-likeness (QED) is 0.606. The number of anilines is 1. The van der Waals surface area contributed by atoms with Crippen LogP contribution in [0, 0.1) is 0 Å². The first-order valence-electron chi connectivity index (χ1n) is 7.90. The van der Waals surface area contributed by atoms with E-state index >= 15 is 0 Å². The van der Waals surface area contributed by atoms with Crippen molar-refractivity contribution in [1.82, 2.24) is 0 Å². The number of carbonyl (C=O) groups excluding carboxylic acids is 1. The Hall–Kier alpha value is -2.58. The van der Waals surface area contributed by atoms with Crippen LogP contribution in [-0.2, 0) is 15.6 Å². The van der Waals surface area contributed by atoms with Gasteiger partial charge >= 0.3 is 0 Å². The topological polar surface area (TPSA) is 85.6 Å². The molecule has 1 aromatic heterocycles. The molecule has 6 nitrogen and oxygen atoms in total. The minimum atomic E-state index is -3.55. The average Bonchev–Trinajstić information content (AvgIpc) is 3.10. The fourth-order valence-electron chi connectivity index (χ4n) is 2.44. The summed E-state index contributed by atoms with van der Waals surface area (Å²) in [5.74, 6) is -0.148. The lowest BCUT2D eigenvalue weighted by molar-refractivity contribution is 0.0995. The minimum Gasteiger partial charge on any atom is -0.495 e. The summed E-state index contributed by atoms with van der Waals surface area (Å²) in [6, 6.07) is 16.2. The highest BCUT2D eigenvalue weighted by Gasteiger charge is 2.19. The second-order valence-electron chi connectivity index (χ2n) is 5.64. The molecule has 0 fully saturated rings. The first-order chi connectivity index (χ1) is 12.9. The van der Waals surface area contributed by atoms with Gasteiger partial charge in [0, 0.05) is 4.47 Å². The van der Waals surface area contributed by atoms with E-state index in [0.29, 0.717) is 11.4 Å². The highest BCUT2D eigenvalue weighted by Crippen LogP contribution is 2.28. The average molecular weight is 450 g/mol. The molecule has 1 amide bonds. The molecule has 0 aliphatic carbocycles. The van der Waals surface area contributed by atoms with E-state index in [0.717, 1.165) is 4.47 Å². The van der Waals surface area contributed by atoms with Crippen LogP contribution in [-0.4, -0.2) is 21.4 Å². The number of hydrogen-bond donors (Lipinski definition) is 1. The third kappa shape index (κ3) is 4.58. The maximum Gasteiger partial charge on any atom is 0.291 e. The summed E-state index contributed by atoms with van der Waals surface area (Å²) in [4.78, 5) is 12.6. The minimum absolute atomic E-state index is 0.00953. The Bertz CT molecular complexity index is 1060. The van der Waals surface area contributed by atoms with Gasteiger partial charge in [-0.1, -0.05) is 34.1 Å².